The Kier molecular flexibility index (Phi) is 13.3. The van der Waals surface area contributed by atoms with Gasteiger partial charge in [-0.3, -0.25) is 9.59 Å². The molecule has 178 valence electrons. The fourth-order valence-corrected chi connectivity index (χ4v) is 3.82. The molecule has 0 N–H and O–H groups in total. The van der Waals surface area contributed by atoms with E-state index >= 15 is 0 Å². The van der Waals surface area contributed by atoms with E-state index in [2.05, 4.69) is 11.6 Å². The van der Waals surface area contributed by atoms with Gasteiger partial charge in [0.1, 0.15) is 5.01 Å². The molecule has 0 radical (unpaired) electrons. The monoisotopic (exact) mass is 461 g/mol. The Hall–Kier alpha value is -2.41. The minimum atomic E-state index is -0.0360. The van der Waals surface area contributed by atoms with Crippen LogP contribution in [0.4, 0.5) is 0 Å². The quantitative estimate of drug-likeness (QED) is 0.153. The Morgan fingerprint density at radius 2 is 1.84 bits per heavy atom. The van der Waals surface area contributed by atoms with Crippen molar-refractivity contribution in [3.05, 3.63) is 52.2 Å². The molecule has 1 aromatic heterocycles. The number of amides is 2. The molecule has 6 nitrogen and oxygen atoms in total. The summed E-state index contributed by atoms with van der Waals surface area (Å²) in [6, 6.07) is 0. The molecule has 0 unspecified atom stereocenters. The van der Waals surface area contributed by atoms with Gasteiger partial charge in [0.05, 0.1) is 19.4 Å². The van der Waals surface area contributed by atoms with Crippen LogP contribution in [0.5, 0.6) is 0 Å². The van der Waals surface area contributed by atoms with Gasteiger partial charge in [-0.05, 0) is 52.4 Å². The summed E-state index contributed by atoms with van der Waals surface area (Å²) in [5.74, 6) is 0.638. The SMILES string of the molecule is C=C(CCCCC/C=C(\C)C(=O)N(C)Cc1nccs1)CCCN(C)C(=O)/C=C(\C)OC. The number of unbranched alkanes of at least 4 members (excludes halogenated alkanes) is 3. The molecule has 1 rings (SSSR count). The maximum Gasteiger partial charge on any atom is 0.249 e. The van der Waals surface area contributed by atoms with Crippen molar-refractivity contribution >= 4 is 23.2 Å². The lowest BCUT2D eigenvalue weighted by Crippen LogP contribution is -2.26. The second-order valence-electron chi connectivity index (χ2n) is 8.15. The highest BCUT2D eigenvalue weighted by Crippen LogP contribution is 2.15. The normalized spacial score (nSPS) is 11.9. The molecule has 0 saturated carbocycles. The third-order valence-corrected chi connectivity index (χ3v) is 6.04. The van der Waals surface area contributed by atoms with Crippen LogP contribution in [0.3, 0.4) is 0 Å². The van der Waals surface area contributed by atoms with E-state index in [0.717, 1.165) is 55.5 Å². The number of aromatic nitrogens is 1. The first kappa shape index (κ1) is 27.6. The van der Waals surface area contributed by atoms with Gasteiger partial charge in [-0.15, -0.1) is 11.3 Å². The van der Waals surface area contributed by atoms with Crippen molar-refractivity contribution in [2.75, 3.05) is 27.7 Å². The van der Waals surface area contributed by atoms with Gasteiger partial charge in [-0.2, -0.15) is 0 Å². The Morgan fingerprint density at radius 1 is 1.12 bits per heavy atom. The molecule has 0 fully saturated rings. The summed E-state index contributed by atoms with van der Waals surface area (Å²) in [5, 5.41) is 2.87. The Balaban J connectivity index is 2.15. The second-order valence-corrected chi connectivity index (χ2v) is 9.13. The predicted molar refractivity (Wildman–Crippen MR) is 132 cm³/mol. The summed E-state index contributed by atoms with van der Waals surface area (Å²) in [5.41, 5.74) is 2.03. The van der Waals surface area contributed by atoms with Gasteiger partial charge in [0.2, 0.25) is 11.8 Å². The van der Waals surface area contributed by atoms with Gasteiger partial charge in [0, 0.05) is 43.9 Å². The van der Waals surface area contributed by atoms with Crippen molar-refractivity contribution in [1.82, 2.24) is 14.8 Å². The zero-order valence-electron chi connectivity index (χ0n) is 20.4. The molecule has 0 spiro atoms. The summed E-state index contributed by atoms with van der Waals surface area (Å²) in [7, 11) is 5.18. The molecule has 0 saturated heterocycles. The van der Waals surface area contributed by atoms with Crippen molar-refractivity contribution in [2.45, 2.75) is 65.3 Å². The van der Waals surface area contributed by atoms with E-state index in [1.807, 2.05) is 32.5 Å². The van der Waals surface area contributed by atoms with Crippen molar-refractivity contribution in [1.29, 1.82) is 0 Å². The summed E-state index contributed by atoms with van der Waals surface area (Å²) in [4.78, 5) is 32.1. The molecule has 0 aromatic carbocycles. The molecule has 1 aromatic rings. The zero-order chi connectivity index (χ0) is 23.9. The van der Waals surface area contributed by atoms with Crippen molar-refractivity contribution in [3.8, 4) is 0 Å². The fourth-order valence-electron chi connectivity index (χ4n) is 3.15. The number of carbonyl (C=O) groups is 2. The van der Waals surface area contributed by atoms with Crippen LogP contribution in [-0.2, 0) is 20.9 Å². The third kappa shape index (κ3) is 11.3. The molecular formula is C25H39N3O3S. The summed E-state index contributed by atoms with van der Waals surface area (Å²) in [6.07, 6.45) is 12.4. The zero-order valence-corrected chi connectivity index (χ0v) is 21.2. The van der Waals surface area contributed by atoms with Crippen LogP contribution in [0, 0.1) is 0 Å². The maximum atomic E-state index is 12.4. The topological polar surface area (TPSA) is 62.7 Å². The van der Waals surface area contributed by atoms with Gasteiger partial charge >= 0.3 is 0 Å². The van der Waals surface area contributed by atoms with Crippen LogP contribution in [-0.4, -0.2) is 54.3 Å². The lowest BCUT2D eigenvalue weighted by atomic mass is 10.0. The predicted octanol–water partition coefficient (Wildman–Crippen LogP) is 5.34. The van der Waals surface area contributed by atoms with E-state index in [1.54, 1.807) is 41.4 Å². The molecule has 0 bridgehead atoms. The first-order chi connectivity index (χ1) is 15.2. The Bertz CT molecular complexity index is 784. The first-order valence-electron chi connectivity index (χ1n) is 11.2. The van der Waals surface area contributed by atoms with Crippen LogP contribution in [0.25, 0.3) is 0 Å². The number of likely N-dealkylation sites (N-methyl/N-ethyl adjacent to an activating group) is 2. The van der Waals surface area contributed by atoms with Crippen LogP contribution < -0.4 is 0 Å². The highest BCUT2D eigenvalue weighted by molar-refractivity contribution is 7.09. The van der Waals surface area contributed by atoms with Gasteiger partial charge in [0.15, 0.2) is 0 Å². The number of allylic oxidation sites excluding steroid dienone is 3. The molecule has 0 aliphatic rings. The summed E-state index contributed by atoms with van der Waals surface area (Å²) >= 11 is 1.56. The number of methoxy groups -OCH3 is 1. The molecule has 32 heavy (non-hydrogen) atoms. The average Bonchev–Trinajstić information content (AvgIpc) is 3.27. The van der Waals surface area contributed by atoms with Crippen molar-refractivity contribution in [3.63, 3.8) is 0 Å². The Morgan fingerprint density at radius 3 is 2.50 bits per heavy atom. The van der Waals surface area contributed by atoms with Gasteiger partial charge < -0.3 is 14.5 Å². The van der Waals surface area contributed by atoms with Crippen LogP contribution in [0.2, 0.25) is 0 Å². The number of ether oxygens (including phenoxy) is 1. The first-order valence-corrected chi connectivity index (χ1v) is 12.1. The van der Waals surface area contributed by atoms with E-state index < -0.39 is 0 Å². The molecular weight excluding hydrogens is 422 g/mol. The average molecular weight is 462 g/mol. The number of hydrogen-bond donors (Lipinski definition) is 0. The molecule has 0 aliphatic carbocycles. The van der Waals surface area contributed by atoms with E-state index in [-0.39, 0.29) is 11.8 Å². The van der Waals surface area contributed by atoms with E-state index in [1.165, 1.54) is 11.6 Å². The lowest BCUT2D eigenvalue weighted by molar-refractivity contribution is -0.126. The number of hydrogen-bond acceptors (Lipinski definition) is 5. The summed E-state index contributed by atoms with van der Waals surface area (Å²) in [6.45, 7) is 9.09. The number of thiazole rings is 1. The number of nitrogens with zero attached hydrogens (tertiary/aromatic N) is 3. The van der Waals surface area contributed by atoms with Crippen molar-refractivity contribution in [2.24, 2.45) is 0 Å². The maximum absolute atomic E-state index is 12.4. The number of carbonyl (C=O) groups excluding carboxylic acids is 2. The fraction of sp³-hybridized carbons (Fsp3) is 0.560. The molecule has 0 atom stereocenters. The third-order valence-electron chi connectivity index (χ3n) is 5.27. The molecule has 1 heterocycles. The van der Waals surface area contributed by atoms with E-state index in [0.29, 0.717) is 18.8 Å². The lowest BCUT2D eigenvalue weighted by Gasteiger charge is -2.16. The van der Waals surface area contributed by atoms with E-state index in [9.17, 15) is 9.59 Å². The molecule has 2 amide bonds. The standard InChI is InChI=1S/C25H39N3O3S/c1-20(13-11-16-27(4)24(29)18-22(3)31-6)12-9-7-8-10-14-21(2)25(30)28(5)19-23-26-15-17-32-23/h14-15,17-18H,1,7-13,16,19H2,2-6H3/b21-14+,22-18+. The minimum Gasteiger partial charge on any atom is -0.501 e. The van der Waals surface area contributed by atoms with Gasteiger partial charge in [-0.25, -0.2) is 4.98 Å². The molecule has 0 aliphatic heterocycles. The molecule has 7 heteroatoms. The Labute approximate surface area is 197 Å². The van der Waals surface area contributed by atoms with Gasteiger partial charge in [0.25, 0.3) is 0 Å². The number of rotatable bonds is 15. The van der Waals surface area contributed by atoms with Crippen LogP contribution in [0.15, 0.2) is 47.2 Å². The van der Waals surface area contributed by atoms with Crippen LogP contribution >= 0.6 is 11.3 Å². The second kappa shape index (κ2) is 15.4. The highest BCUT2D eigenvalue weighted by Gasteiger charge is 2.12. The highest BCUT2D eigenvalue weighted by atomic mass is 32.1. The largest absolute Gasteiger partial charge is 0.501 e. The van der Waals surface area contributed by atoms with Crippen LogP contribution in [0.1, 0.15) is 63.8 Å². The summed E-state index contributed by atoms with van der Waals surface area (Å²) < 4.78 is 5.02. The smallest absolute Gasteiger partial charge is 0.249 e. The van der Waals surface area contributed by atoms with E-state index in [4.69, 9.17) is 4.74 Å². The van der Waals surface area contributed by atoms with Crippen molar-refractivity contribution < 1.29 is 14.3 Å². The van der Waals surface area contributed by atoms with Gasteiger partial charge in [-0.1, -0.05) is 24.6 Å². The minimum absolute atomic E-state index is 0.0360.